The highest BCUT2D eigenvalue weighted by molar-refractivity contribution is 7.16. The van der Waals surface area contributed by atoms with Crippen LogP contribution in [0.3, 0.4) is 0 Å². The zero-order valence-corrected chi connectivity index (χ0v) is 18.0. The van der Waals surface area contributed by atoms with E-state index in [0.717, 1.165) is 15.9 Å². The van der Waals surface area contributed by atoms with E-state index in [9.17, 15) is 4.79 Å². The third kappa shape index (κ3) is 4.34. The quantitative estimate of drug-likeness (QED) is 0.587. The fraction of sp³-hybridized carbons (Fsp3) is 0.364. The van der Waals surface area contributed by atoms with Gasteiger partial charge in [0.1, 0.15) is 0 Å². The molecule has 2 aromatic carbocycles. The van der Waals surface area contributed by atoms with E-state index >= 15 is 0 Å². The Hall–Kier alpha value is -2.44. The SMILES string of the molecule is CCOCCn1c(=NC(=O)c2ccc(N(C)C)cc2)sc2cc(C)c(C)cc21. The van der Waals surface area contributed by atoms with Gasteiger partial charge in [0.05, 0.1) is 16.8 Å². The molecule has 1 amide bonds. The molecule has 3 aromatic rings. The van der Waals surface area contributed by atoms with Gasteiger partial charge in [0.2, 0.25) is 0 Å². The van der Waals surface area contributed by atoms with Crippen molar-refractivity contribution in [3.8, 4) is 0 Å². The number of hydrogen-bond donors (Lipinski definition) is 0. The number of rotatable bonds is 6. The van der Waals surface area contributed by atoms with Crippen molar-refractivity contribution in [3.05, 3.63) is 57.9 Å². The fourth-order valence-electron chi connectivity index (χ4n) is 2.98. The number of anilines is 1. The first-order valence-corrected chi connectivity index (χ1v) is 10.3. The van der Waals surface area contributed by atoms with Gasteiger partial charge in [-0.25, -0.2) is 0 Å². The lowest BCUT2D eigenvalue weighted by atomic mass is 10.1. The van der Waals surface area contributed by atoms with E-state index in [0.29, 0.717) is 30.1 Å². The van der Waals surface area contributed by atoms with E-state index in [-0.39, 0.29) is 5.91 Å². The summed E-state index contributed by atoms with van der Waals surface area (Å²) in [6, 6.07) is 11.9. The third-order valence-corrected chi connectivity index (χ3v) is 5.83. The topological polar surface area (TPSA) is 46.8 Å². The number of amides is 1. The first kappa shape index (κ1) is 20.3. The molecule has 0 aliphatic heterocycles. The second-order valence-electron chi connectivity index (χ2n) is 7.00. The monoisotopic (exact) mass is 397 g/mol. The molecule has 1 aromatic heterocycles. The van der Waals surface area contributed by atoms with Crippen LogP contribution in [-0.2, 0) is 11.3 Å². The summed E-state index contributed by atoms with van der Waals surface area (Å²) < 4.78 is 8.77. The maximum absolute atomic E-state index is 12.8. The third-order valence-electron chi connectivity index (χ3n) is 4.79. The molecule has 0 fully saturated rings. The van der Waals surface area contributed by atoms with Gasteiger partial charge in [-0.3, -0.25) is 4.79 Å². The molecule has 3 rings (SSSR count). The molecule has 148 valence electrons. The van der Waals surface area contributed by atoms with Crippen molar-refractivity contribution in [3.63, 3.8) is 0 Å². The van der Waals surface area contributed by atoms with Gasteiger partial charge in [-0.05, 0) is 68.3 Å². The maximum Gasteiger partial charge on any atom is 0.279 e. The lowest BCUT2D eigenvalue weighted by Crippen LogP contribution is -2.20. The molecule has 0 unspecified atom stereocenters. The van der Waals surface area contributed by atoms with Crippen LogP contribution in [0.2, 0.25) is 0 Å². The molecule has 1 heterocycles. The van der Waals surface area contributed by atoms with Crippen molar-refractivity contribution in [2.45, 2.75) is 27.3 Å². The van der Waals surface area contributed by atoms with Gasteiger partial charge < -0.3 is 14.2 Å². The van der Waals surface area contributed by atoms with Crippen LogP contribution < -0.4 is 9.70 Å². The molecule has 5 nitrogen and oxygen atoms in total. The molecule has 0 N–H and O–H groups in total. The number of carbonyl (C=O) groups is 1. The molecule has 0 aliphatic rings. The van der Waals surface area contributed by atoms with Crippen LogP contribution in [-0.4, -0.2) is 37.8 Å². The minimum absolute atomic E-state index is 0.226. The number of nitrogens with zero attached hydrogens (tertiary/aromatic N) is 3. The number of aryl methyl sites for hydroxylation is 2. The lowest BCUT2D eigenvalue weighted by Gasteiger charge is -2.11. The predicted molar refractivity (Wildman–Crippen MR) is 116 cm³/mol. The van der Waals surface area contributed by atoms with Crippen LogP contribution >= 0.6 is 11.3 Å². The number of thiazole rings is 1. The van der Waals surface area contributed by atoms with Crippen molar-refractivity contribution in [1.29, 1.82) is 0 Å². The lowest BCUT2D eigenvalue weighted by molar-refractivity contribution is 0.0996. The maximum atomic E-state index is 12.8. The Bertz CT molecular complexity index is 1050. The zero-order chi connectivity index (χ0) is 20.3. The minimum Gasteiger partial charge on any atom is -0.380 e. The second-order valence-corrected chi connectivity index (χ2v) is 8.00. The summed E-state index contributed by atoms with van der Waals surface area (Å²) in [4.78, 5) is 19.9. The van der Waals surface area contributed by atoms with E-state index < -0.39 is 0 Å². The van der Waals surface area contributed by atoms with Gasteiger partial charge >= 0.3 is 0 Å². The molecule has 0 bridgehead atoms. The molecule has 0 radical (unpaired) electrons. The normalized spacial score (nSPS) is 12.0. The van der Waals surface area contributed by atoms with Crippen molar-refractivity contribution >= 4 is 33.1 Å². The molecular weight excluding hydrogens is 370 g/mol. The van der Waals surface area contributed by atoms with Crippen LogP contribution in [0.15, 0.2) is 41.4 Å². The molecule has 0 spiro atoms. The Kier molecular flexibility index (Phi) is 6.31. The van der Waals surface area contributed by atoms with E-state index in [1.54, 1.807) is 11.3 Å². The van der Waals surface area contributed by atoms with Gasteiger partial charge in [-0.1, -0.05) is 11.3 Å². The van der Waals surface area contributed by atoms with Crippen LogP contribution in [0.25, 0.3) is 10.2 Å². The van der Waals surface area contributed by atoms with Crippen molar-refractivity contribution < 1.29 is 9.53 Å². The highest BCUT2D eigenvalue weighted by Crippen LogP contribution is 2.22. The standard InChI is InChI=1S/C22H27N3O2S/c1-6-27-12-11-25-19-13-15(2)16(3)14-20(19)28-22(25)23-21(26)17-7-9-18(10-8-17)24(4)5/h7-10,13-14H,6,11-12H2,1-5H3. The van der Waals surface area contributed by atoms with Crippen molar-refractivity contribution in [2.75, 3.05) is 32.2 Å². The highest BCUT2D eigenvalue weighted by Gasteiger charge is 2.11. The Morgan fingerprint density at radius 3 is 2.46 bits per heavy atom. The minimum atomic E-state index is -0.226. The number of fused-ring (bicyclic) bond motifs is 1. The molecule has 0 atom stereocenters. The zero-order valence-electron chi connectivity index (χ0n) is 17.2. The molecule has 0 saturated carbocycles. The number of aromatic nitrogens is 1. The fourth-order valence-corrected chi connectivity index (χ4v) is 4.11. The summed E-state index contributed by atoms with van der Waals surface area (Å²) in [6.45, 7) is 8.12. The first-order chi connectivity index (χ1) is 13.4. The Balaban J connectivity index is 2.04. The summed E-state index contributed by atoms with van der Waals surface area (Å²) in [5.41, 5.74) is 5.21. The van der Waals surface area contributed by atoms with Crippen LogP contribution in [0, 0.1) is 13.8 Å². The smallest absolute Gasteiger partial charge is 0.279 e. The second kappa shape index (κ2) is 8.71. The summed E-state index contributed by atoms with van der Waals surface area (Å²) >= 11 is 1.55. The van der Waals surface area contributed by atoms with Crippen LogP contribution in [0.4, 0.5) is 5.69 Å². The summed E-state index contributed by atoms with van der Waals surface area (Å²) in [6.07, 6.45) is 0. The Morgan fingerprint density at radius 2 is 1.82 bits per heavy atom. The number of benzene rings is 2. The van der Waals surface area contributed by atoms with Gasteiger partial charge in [-0.15, -0.1) is 0 Å². The molecule has 0 saturated heterocycles. The number of ether oxygens (including phenoxy) is 1. The summed E-state index contributed by atoms with van der Waals surface area (Å²) in [7, 11) is 3.95. The van der Waals surface area contributed by atoms with E-state index in [4.69, 9.17) is 4.74 Å². The average Bonchev–Trinajstić information content (AvgIpc) is 2.98. The molecular formula is C22H27N3O2S. The molecule has 6 heteroatoms. The number of carbonyl (C=O) groups excluding carboxylic acids is 1. The number of hydrogen-bond acceptors (Lipinski definition) is 4. The first-order valence-electron chi connectivity index (χ1n) is 9.45. The Morgan fingerprint density at radius 1 is 1.14 bits per heavy atom. The molecule has 28 heavy (non-hydrogen) atoms. The predicted octanol–water partition coefficient (Wildman–Crippen LogP) is 4.16. The highest BCUT2D eigenvalue weighted by atomic mass is 32.1. The van der Waals surface area contributed by atoms with Gasteiger partial charge in [0.15, 0.2) is 4.80 Å². The summed E-state index contributed by atoms with van der Waals surface area (Å²) in [5.74, 6) is -0.226. The largest absolute Gasteiger partial charge is 0.380 e. The van der Waals surface area contributed by atoms with E-state index in [2.05, 4.69) is 35.5 Å². The van der Waals surface area contributed by atoms with E-state index in [1.165, 1.54) is 11.1 Å². The van der Waals surface area contributed by atoms with E-state index in [1.807, 2.05) is 50.2 Å². The van der Waals surface area contributed by atoms with Crippen molar-refractivity contribution in [2.24, 2.45) is 4.99 Å². The van der Waals surface area contributed by atoms with Crippen molar-refractivity contribution in [1.82, 2.24) is 4.57 Å². The van der Waals surface area contributed by atoms with Gasteiger partial charge in [0.25, 0.3) is 5.91 Å². The average molecular weight is 398 g/mol. The van der Waals surface area contributed by atoms with Crippen LogP contribution in [0.5, 0.6) is 0 Å². The Labute approximate surface area is 169 Å². The van der Waals surface area contributed by atoms with Gasteiger partial charge in [-0.2, -0.15) is 4.99 Å². The van der Waals surface area contributed by atoms with Gasteiger partial charge in [0, 0.05) is 38.5 Å². The summed E-state index contributed by atoms with van der Waals surface area (Å²) in [5, 5.41) is 0. The molecule has 0 aliphatic carbocycles. The van der Waals surface area contributed by atoms with Crippen LogP contribution in [0.1, 0.15) is 28.4 Å².